The topological polar surface area (TPSA) is 66.8 Å². The van der Waals surface area contributed by atoms with Crippen LogP contribution in [-0.4, -0.2) is 47.7 Å². The highest BCUT2D eigenvalue weighted by Gasteiger charge is 2.22. The van der Waals surface area contributed by atoms with Crippen LogP contribution in [0.5, 0.6) is 0 Å². The average molecular weight is 498 g/mol. The monoisotopic (exact) mass is 497 g/mol. The Labute approximate surface area is 218 Å². The highest BCUT2D eigenvalue weighted by Crippen LogP contribution is 2.24. The number of likely N-dealkylation sites (tertiary alicyclic amines) is 1. The summed E-state index contributed by atoms with van der Waals surface area (Å²) in [6.45, 7) is 11.0. The fourth-order valence-electron chi connectivity index (χ4n) is 4.35. The molecule has 36 heavy (non-hydrogen) atoms. The number of benzene rings is 2. The van der Waals surface area contributed by atoms with Crippen LogP contribution in [0.2, 0.25) is 0 Å². The number of carboxylic acids is 1. The maximum absolute atomic E-state index is 12.6. The molecular weight excluding hydrogens is 450 g/mol. The molecule has 0 bridgehead atoms. The molecule has 1 aliphatic rings. The van der Waals surface area contributed by atoms with Crippen LogP contribution >= 0.6 is 0 Å². The summed E-state index contributed by atoms with van der Waals surface area (Å²) in [5.74, 6) is -0.845. The minimum Gasteiger partial charge on any atom is -0.481 e. The van der Waals surface area contributed by atoms with Crippen LogP contribution in [0.25, 0.3) is 11.1 Å². The molecule has 0 aromatic heterocycles. The van der Waals surface area contributed by atoms with Crippen LogP contribution < -0.4 is 0 Å². The zero-order chi connectivity index (χ0) is 26.6. The van der Waals surface area contributed by atoms with Gasteiger partial charge in [-0.3, -0.25) is 9.59 Å². The van der Waals surface area contributed by atoms with Crippen molar-refractivity contribution < 1.29 is 19.4 Å². The molecule has 3 rings (SSSR count). The molecule has 1 saturated heterocycles. The van der Waals surface area contributed by atoms with Crippen molar-refractivity contribution in [2.45, 2.75) is 91.6 Å². The lowest BCUT2D eigenvalue weighted by atomic mass is 9.98. The zero-order valence-corrected chi connectivity index (χ0v) is 22.9. The van der Waals surface area contributed by atoms with Gasteiger partial charge in [-0.1, -0.05) is 102 Å². The first-order valence-corrected chi connectivity index (χ1v) is 13.9. The first-order chi connectivity index (χ1) is 17.6. The molecule has 0 unspecified atom stereocenters. The average Bonchev–Trinajstić information content (AvgIpc) is 2.92. The minimum absolute atomic E-state index is 0.0126. The van der Waals surface area contributed by atoms with E-state index in [9.17, 15) is 9.59 Å². The molecule has 0 atom stereocenters. The smallest absolute Gasteiger partial charge is 0.310 e. The summed E-state index contributed by atoms with van der Waals surface area (Å²) in [6, 6.07) is 18.2. The maximum Gasteiger partial charge on any atom is 0.310 e. The van der Waals surface area contributed by atoms with E-state index in [1.807, 2.05) is 64.1 Å². The minimum atomic E-state index is -0.700. The van der Waals surface area contributed by atoms with E-state index in [1.54, 1.807) is 0 Å². The van der Waals surface area contributed by atoms with Gasteiger partial charge in [0.15, 0.2) is 0 Å². The number of esters is 1. The Hall–Kier alpha value is -2.66. The number of carbonyl (C=O) groups excluding carboxylic acids is 1. The highest BCUT2D eigenvalue weighted by molar-refractivity contribution is 5.78. The van der Waals surface area contributed by atoms with Gasteiger partial charge in [-0.05, 0) is 48.9 Å². The van der Waals surface area contributed by atoms with Gasteiger partial charge in [-0.25, -0.2) is 0 Å². The van der Waals surface area contributed by atoms with Crippen molar-refractivity contribution in [3.63, 3.8) is 0 Å². The number of carboxylic acid groups (broad SMARTS) is 1. The zero-order valence-electron chi connectivity index (χ0n) is 22.9. The van der Waals surface area contributed by atoms with E-state index in [4.69, 9.17) is 9.84 Å². The van der Waals surface area contributed by atoms with E-state index in [1.165, 1.54) is 0 Å². The molecule has 1 heterocycles. The van der Waals surface area contributed by atoms with E-state index >= 15 is 0 Å². The standard InChI is InChI=1S/C27H35NO4.2C2H6/c29-26(30)15-7-2-1-3-10-18-28-19-16-24(17-20-28)32-27(31)21-23-13-8-9-14-25(23)22-11-5-4-6-12-22;2*1-2/h4-6,8-9,11-14,24H,1-3,7,10,15-21H2,(H,29,30);2*1-2H3. The first-order valence-electron chi connectivity index (χ1n) is 13.9. The Morgan fingerprint density at radius 2 is 1.42 bits per heavy atom. The molecule has 1 N–H and O–H groups in total. The molecule has 5 heteroatoms. The molecule has 1 fully saturated rings. The SMILES string of the molecule is CC.CC.O=C(O)CCCCCCCN1CCC(OC(=O)Cc2ccccc2-c2ccccc2)CC1. The van der Waals surface area contributed by atoms with Gasteiger partial charge in [-0.2, -0.15) is 0 Å². The lowest BCUT2D eigenvalue weighted by Crippen LogP contribution is -2.38. The number of aliphatic carboxylic acids is 1. The van der Waals surface area contributed by atoms with Crippen LogP contribution in [0.3, 0.4) is 0 Å². The number of piperidine rings is 1. The summed E-state index contributed by atoms with van der Waals surface area (Å²) in [5, 5.41) is 8.66. The molecule has 0 amide bonds. The van der Waals surface area contributed by atoms with E-state index < -0.39 is 5.97 Å². The number of ether oxygens (including phenoxy) is 1. The fourth-order valence-corrected chi connectivity index (χ4v) is 4.35. The van der Waals surface area contributed by atoms with Gasteiger partial charge in [0.25, 0.3) is 0 Å². The van der Waals surface area contributed by atoms with E-state index in [-0.39, 0.29) is 18.5 Å². The van der Waals surface area contributed by atoms with Crippen molar-refractivity contribution in [3.05, 3.63) is 60.2 Å². The molecule has 0 aliphatic carbocycles. The molecule has 0 spiro atoms. The van der Waals surface area contributed by atoms with Crippen LogP contribution in [0.15, 0.2) is 54.6 Å². The maximum atomic E-state index is 12.6. The van der Waals surface area contributed by atoms with Gasteiger partial charge in [0.1, 0.15) is 6.10 Å². The molecule has 2 aromatic rings. The summed E-state index contributed by atoms with van der Waals surface area (Å²) in [5.41, 5.74) is 3.21. The molecule has 200 valence electrons. The summed E-state index contributed by atoms with van der Waals surface area (Å²) >= 11 is 0. The summed E-state index contributed by atoms with van der Waals surface area (Å²) in [6.07, 6.45) is 7.56. The molecule has 0 radical (unpaired) electrons. The van der Waals surface area contributed by atoms with Crippen molar-refractivity contribution in [2.75, 3.05) is 19.6 Å². The third-order valence-corrected chi connectivity index (χ3v) is 6.13. The quantitative estimate of drug-likeness (QED) is 0.245. The van der Waals surface area contributed by atoms with Crippen molar-refractivity contribution in [2.24, 2.45) is 0 Å². The number of hydrogen-bond donors (Lipinski definition) is 1. The first kappa shape index (κ1) is 31.4. The van der Waals surface area contributed by atoms with E-state index in [0.29, 0.717) is 6.42 Å². The van der Waals surface area contributed by atoms with E-state index in [2.05, 4.69) is 23.1 Å². The Balaban J connectivity index is 0.00000154. The lowest BCUT2D eigenvalue weighted by Gasteiger charge is -2.31. The van der Waals surface area contributed by atoms with Crippen LogP contribution in [0, 0.1) is 0 Å². The van der Waals surface area contributed by atoms with Gasteiger partial charge in [0.2, 0.25) is 0 Å². The Bertz CT molecular complexity index is 845. The van der Waals surface area contributed by atoms with Crippen molar-refractivity contribution in [3.8, 4) is 11.1 Å². The van der Waals surface area contributed by atoms with Gasteiger partial charge >= 0.3 is 11.9 Å². The van der Waals surface area contributed by atoms with Gasteiger partial charge in [0.05, 0.1) is 6.42 Å². The summed E-state index contributed by atoms with van der Waals surface area (Å²) in [7, 11) is 0. The van der Waals surface area contributed by atoms with Crippen molar-refractivity contribution in [1.29, 1.82) is 0 Å². The normalized spacial score (nSPS) is 13.6. The highest BCUT2D eigenvalue weighted by atomic mass is 16.5. The molecular formula is C31H47NO4. The van der Waals surface area contributed by atoms with Crippen molar-refractivity contribution >= 4 is 11.9 Å². The van der Waals surface area contributed by atoms with Gasteiger partial charge in [0, 0.05) is 19.5 Å². The largest absolute Gasteiger partial charge is 0.481 e. The second kappa shape index (κ2) is 19.5. The molecule has 1 aliphatic heterocycles. The lowest BCUT2D eigenvalue weighted by molar-refractivity contribution is -0.150. The van der Waals surface area contributed by atoms with Crippen LogP contribution in [0.4, 0.5) is 0 Å². The number of unbranched alkanes of at least 4 members (excludes halogenated alkanes) is 4. The van der Waals surface area contributed by atoms with Gasteiger partial charge < -0.3 is 14.7 Å². The third kappa shape index (κ3) is 12.3. The Morgan fingerprint density at radius 1 is 0.833 bits per heavy atom. The van der Waals surface area contributed by atoms with Crippen molar-refractivity contribution in [1.82, 2.24) is 4.90 Å². The van der Waals surface area contributed by atoms with E-state index in [0.717, 1.165) is 81.3 Å². The van der Waals surface area contributed by atoms with Gasteiger partial charge in [-0.15, -0.1) is 0 Å². The summed E-state index contributed by atoms with van der Waals surface area (Å²) < 4.78 is 5.81. The predicted molar refractivity (Wildman–Crippen MR) is 149 cm³/mol. The Kier molecular flexibility index (Phi) is 17.0. The molecule has 2 aromatic carbocycles. The number of carbonyl (C=O) groups is 2. The second-order valence-electron chi connectivity index (χ2n) is 8.64. The number of nitrogens with zero attached hydrogens (tertiary/aromatic N) is 1. The number of rotatable bonds is 12. The number of hydrogen-bond acceptors (Lipinski definition) is 4. The summed E-state index contributed by atoms with van der Waals surface area (Å²) in [4.78, 5) is 25.6. The molecule has 0 saturated carbocycles. The van der Waals surface area contributed by atoms with Crippen LogP contribution in [0.1, 0.15) is 84.6 Å². The molecule has 5 nitrogen and oxygen atoms in total. The van der Waals surface area contributed by atoms with Crippen LogP contribution in [-0.2, 0) is 20.7 Å². The predicted octanol–water partition coefficient (Wildman–Crippen LogP) is 7.38. The Morgan fingerprint density at radius 3 is 2.08 bits per heavy atom. The fraction of sp³-hybridized carbons (Fsp3) is 0.548. The third-order valence-electron chi connectivity index (χ3n) is 6.13. The second-order valence-corrected chi connectivity index (χ2v) is 8.64.